The van der Waals surface area contributed by atoms with Gasteiger partial charge in [-0.1, -0.05) is 43.5 Å². The minimum absolute atomic E-state index is 0.107. The molecule has 3 aliphatic heterocycles. The summed E-state index contributed by atoms with van der Waals surface area (Å²) < 4.78 is 0. The number of hydrogen-bond donors (Lipinski definition) is 0. The minimum atomic E-state index is -0.424. The minimum Gasteiger partial charge on any atom is -0.281 e. The third-order valence-corrected chi connectivity index (χ3v) is 13.2. The van der Waals surface area contributed by atoms with Crippen molar-refractivity contribution in [3.05, 3.63) is 10.6 Å². The van der Waals surface area contributed by atoms with Crippen LogP contribution < -0.4 is 0 Å². The zero-order valence-corrected chi connectivity index (χ0v) is 15.9. The van der Waals surface area contributed by atoms with E-state index in [9.17, 15) is 9.59 Å². The summed E-state index contributed by atoms with van der Waals surface area (Å²) in [6.45, 7) is 9.15. The van der Waals surface area contributed by atoms with Crippen LogP contribution in [0.4, 0.5) is 0 Å². The zero-order chi connectivity index (χ0) is 15.3. The van der Waals surface area contributed by atoms with Crippen LogP contribution in [0.15, 0.2) is 10.6 Å². The summed E-state index contributed by atoms with van der Waals surface area (Å²) in [5.74, 6) is 0. The highest BCUT2D eigenvalue weighted by Crippen LogP contribution is 2.71. The molecule has 3 aliphatic rings. The Morgan fingerprint density at radius 3 is 1.29 bits per heavy atom. The van der Waals surface area contributed by atoms with Gasteiger partial charge in [0.05, 0.1) is 0 Å². The molecule has 21 heavy (non-hydrogen) atoms. The summed E-state index contributed by atoms with van der Waals surface area (Å²) in [4.78, 5) is 25.1. The molecule has 2 saturated heterocycles. The molecule has 0 aromatic heterocycles. The number of thioether (sulfide) groups is 1. The van der Waals surface area contributed by atoms with Crippen LogP contribution in [0.2, 0.25) is 0 Å². The number of hydrogen-bond acceptors (Lipinski definition) is 3. The molecule has 3 rings (SSSR count). The molecular formula is C16H24O2P2S. The van der Waals surface area contributed by atoms with Crippen molar-refractivity contribution in [3.63, 3.8) is 0 Å². The third-order valence-electron chi connectivity index (χ3n) is 5.22. The van der Waals surface area contributed by atoms with Crippen LogP contribution in [0.5, 0.6) is 0 Å². The smallest absolute Gasteiger partial charge is 0.228 e. The topological polar surface area (TPSA) is 34.1 Å². The van der Waals surface area contributed by atoms with Gasteiger partial charge < -0.3 is 0 Å². The predicted molar refractivity (Wildman–Crippen MR) is 94.8 cm³/mol. The Kier molecular flexibility index (Phi) is 4.66. The van der Waals surface area contributed by atoms with E-state index >= 15 is 0 Å². The maximum Gasteiger partial charge on any atom is 0.228 e. The van der Waals surface area contributed by atoms with Crippen molar-refractivity contribution in [2.45, 2.75) is 76.0 Å². The molecule has 0 aliphatic carbocycles. The molecule has 0 saturated carbocycles. The summed E-state index contributed by atoms with van der Waals surface area (Å²) in [7, 11) is -0.847. The highest BCUT2D eigenvalue weighted by Gasteiger charge is 2.47. The lowest BCUT2D eigenvalue weighted by Crippen LogP contribution is -2.08. The first kappa shape index (κ1) is 16.2. The molecule has 0 bridgehead atoms. The molecule has 2 nitrogen and oxygen atoms in total. The van der Waals surface area contributed by atoms with E-state index in [-0.39, 0.29) is 10.2 Å². The molecule has 0 amide bonds. The lowest BCUT2D eigenvalue weighted by molar-refractivity contribution is -0.107. The fourth-order valence-electron chi connectivity index (χ4n) is 4.10. The number of carbonyl (C=O) groups excluding carboxylic acids is 2. The van der Waals surface area contributed by atoms with Crippen LogP contribution in [-0.4, -0.2) is 32.9 Å². The molecule has 0 N–H and O–H groups in total. The summed E-state index contributed by atoms with van der Waals surface area (Å²) >= 11 is 0.999. The summed E-state index contributed by atoms with van der Waals surface area (Å²) in [6, 6.07) is 0. The summed E-state index contributed by atoms with van der Waals surface area (Å²) in [5.41, 5.74) is 2.44. The van der Waals surface area contributed by atoms with Crippen LogP contribution in [0, 0.1) is 0 Å². The van der Waals surface area contributed by atoms with E-state index in [1.165, 1.54) is 25.7 Å². The normalized spacial score (nSPS) is 39.0. The van der Waals surface area contributed by atoms with Gasteiger partial charge in [0.15, 0.2) is 0 Å². The fraction of sp³-hybridized carbons (Fsp3) is 0.750. The second kappa shape index (κ2) is 6.06. The lowest BCUT2D eigenvalue weighted by atomic mass is 10.2. The van der Waals surface area contributed by atoms with E-state index in [0.29, 0.717) is 22.6 Å². The number of rotatable bonds is 2. The van der Waals surface area contributed by atoms with Crippen molar-refractivity contribution in [1.82, 2.24) is 0 Å². The van der Waals surface area contributed by atoms with Crippen LogP contribution in [0.3, 0.4) is 0 Å². The van der Waals surface area contributed by atoms with Gasteiger partial charge in [-0.3, -0.25) is 9.59 Å². The van der Waals surface area contributed by atoms with Crippen molar-refractivity contribution >= 4 is 37.8 Å². The van der Waals surface area contributed by atoms with Gasteiger partial charge >= 0.3 is 0 Å². The maximum atomic E-state index is 12.6. The van der Waals surface area contributed by atoms with Crippen molar-refractivity contribution in [1.29, 1.82) is 0 Å². The van der Waals surface area contributed by atoms with E-state index in [1.54, 1.807) is 0 Å². The van der Waals surface area contributed by atoms with Gasteiger partial charge in [-0.25, -0.2) is 0 Å². The Balaban J connectivity index is 2.07. The lowest BCUT2D eigenvalue weighted by Gasteiger charge is -2.27. The molecule has 0 spiro atoms. The van der Waals surface area contributed by atoms with Crippen LogP contribution in [-0.2, 0) is 9.59 Å². The van der Waals surface area contributed by atoms with Gasteiger partial charge in [0.2, 0.25) is 10.2 Å². The molecule has 0 radical (unpaired) electrons. The largest absolute Gasteiger partial charge is 0.281 e. The molecule has 4 atom stereocenters. The van der Waals surface area contributed by atoms with Crippen LogP contribution >= 0.6 is 27.6 Å². The van der Waals surface area contributed by atoms with Gasteiger partial charge in [0.25, 0.3) is 0 Å². The van der Waals surface area contributed by atoms with Crippen molar-refractivity contribution < 1.29 is 9.59 Å². The van der Waals surface area contributed by atoms with E-state index in [4.69, 9.17) is 0 Å². The van der Waals surface area contributed by atoms with Crippen LogP contribution in [0.1, 0.15) is 53.4 Å². The summed E-state index contributed by atoms with van der Waals surface area (Å²) in [5, 5.41) is 2.25. The highest BCUT2D eigenvalue weighted by molar-refractivity contribution is 8.29. The SMILES string of the molecule is C[C@@H]1CC[C@@H](C)P1C1=C(P2[C@H](C)CC[C@H]2C)C(=O)SC1=O. The monoisotopic (exact) mass is 342 g/mol. The highest BCUT2D eigenvalue weighted by atomic mass is 32.2. The summed E-state index contributed by atoms with van der Waals surface area (Å²) in [6.07, 6.45) is 4.88. The van der Waals surface area contributed by atoms with Crippen molar-refractivity contribution in [2.75, 3.05) is 0 Å². The van der Waals surface area contributed by atoms with E-state index in [2.05, 4.69) is 27.7 Å². The molecule has 5 heteroatoms. The number of carbonyl (C=O) groups is 2. The zero-order valence-electron chi connectivity index (χ0n) is 13.3. The molecular weight excluding hydrogens is 318 g/mol. The Morgan fingerprint density at radius 1 is 0.714 bits per heavy atom. The van der Waals surface area contributed by atoms with Gasteiger partial charge in [0.1, 0.15) is 0 Å². The molecule has 0 aromatic rings. The third kappa shape index (κ3) is 2.68. The molecule has 0 unspecified atom stereocenters. The fourth-order valence-corrected chi connectivity index (χ4v) is 12.7. The molecule has 2 fully saturated rings. The van der Waals surface area contributed by atoms with Crippen molar-refractivity contribution in [2.24, 2.45) is 0 Å². The standard InChI is InChI=1S/C16H24O2P2S/c1-9-5-6-10(2)19(9)13-14(16(18)21-15(13)17)20-11(3)7-8-12(20)4/h9-12H,5-8H2,1-4H3/t9-,10-,11-,12-/m1/s1. The van der Waals surface area contributed by atoms with E-state index in [0.717, 1.165) is 22.4 Å². The first-order chi connectivity index (χ1) is 9.91. The second-order valence-electron chi connectivity index (χ2n) is 6.74. The second-order valence-corrected chi connectivity index (χ2v) is 13.7. The Morgan fingerprint density at radius 2 is 1.00 bits per heavy atom. The van der Waals surface area contributed by atoms with Crippen LogP contribution in [0.25, 0.3) is 0 Å². The molecule has 116 valence electrons. The Labute approximate surface area is 134 Å². The Bertz CT molecular complexity index is 452. The first-order valence-electron chi connectivity index (χ1n) is 7.99. The maximum absolute atomic E-state index is 12.6. The predicted octanol–water partition coefficient (Wildman–Crippen LogP) is 5.10. The average Bonchev–Trinajstić information content (AvgIpc) is 3.00. The van der Waals surface area contributed by atoms with E-state index in [1.807, 2.05) is 0 Å². The Hall–Kier alpha value is 0.290. The van der Waals surface area contributed by atoms with Gasteiger partial charge in [-0.15, -0.1) is 0 Å². The average molecular weight is 342 g/mol. The van der Waals surface area contributed by atoms with Crippen molar-refractivity contribution in [3.8, 4) is 0 Å². The first-order valence-corrected chi connectivity index (χ1v) is 11.8. The quantitative estimate of drug-likeness (QED) is 0.655. The van der Waals surface area contributed by atoms with Gasteiger partial charge in [0, 0.05) is 10.6 Å². The molecule has 0 aromatic carbocycles. The molecule has 3 heterocycles. The van der Waals surface area contributed by atoms with Gasteiger partial charge in [-0.05, 0) is 60.1 Å². The van der Waals surface area contributed by atoms with Gasteiger partial charge in [-0.2, -0.15) is 0 Å². The van der Waals surface area contributed by atoms with E-state index < -0.39 is 15.8 Å².